The molecular weight excluding hydrogens is 258 g/mol. The standard InChI is InChI=1S/C14H19N3OS/c1-4-15-13(16-5-1)17-9-14(10-17)6-12(8-19-14)18-7-11-2-3-11/h1,4-5,11-12H,2-3,6-10H2/t12-/m0/s1. The van der Waals surface area contributed by atoms with E-state index in [0.717, 1.165) is 37.3 Å². The van der Waals surface area contributed by atoms with Gasteiger partial charge in [-0.15, -0.1) is 11.8 Å². The summed E-state index contributed by atoms with van der Waals surface area (Å²) < 4.78 is 6.44. The van der Waals surface area contributed by atoms with E-state index in [2.05, 4.69) is 26.6 Å². The summed E-state index contributed by atoms with van der Waals surface area (Å²) in [6.45, 7) is 3.14. The number of hydrogen-bond acceptors (Lipinski definition) is 5. The first kappa shape index (κ1) is 12.0. The van der Waals surface area contributed by atoms with Crippen molar-refractivity contribution < 1.29 is 4.74 Å². The largest absolute Gasteiger partial charge is 0.377 e. The van der Waals surface area contributed by atoms with Crippen molar-refractivity contribution in [2.24, 2.45) is 5.92 Å². The smallest absolute Gasteiger partial charge is 0.225 e. The van der Waals surface area contributed by atoms with Crippen molar-refractivity contribution in [3.63, 3.8) is 0 Å². The molecule has 0 bridgehead atoms. The Morgan fingerprint density at radius 1 is 1.32 bits per heavy atom. The van der Waals surface area contributed by atoms with Gasteiger partial charge in [-0.2, -0.15) is 0 Å². The van der Waals surface area contributed by atoms with Gasteiger partial charge in [-0.1, -0.05) is 0 Å². The van der Waals surface area contributed by atoms with Gasteiger partial charge in [0.15, 0.2) is 0 Å². The van der Waals surface area contributed by atoms with Crippen LogP contribution in [-0.2, 0) is 4.74 Å². The summed E-state index contributed by atoms with van der Waals surface area (Å²) in [6.07, 6.45) is 8.07. The van der Waals surface area contributed by atoms with Crippen molar-refractivity contribution in [1.82, 2.24) is 9.97 Å². The van der Waals surface area contributed by atoms with Crippen LogP contribution in [0.15, 0.2) is 18.5 Å². The lowest BCUT2D eigenvalue weighted by Crippen LogP contribution is -2.59. The van der Waals surface area contributed by atoms with Gasteiger partial charge in [-0.05, 0) is 31.2 Å². The molecule has 19 heavy (non-hydrogen) atoms. The van der Waals surface area contributed by atoms with Gasteiger partial charge >= 0.3 is 0 Å². The maximum Gasteiger partial charge on any atom is 0.225 e. The van der Waals surface area contributed by atoms with Crippen LogP contribution in [-0.4, -0.2) is 46.3 Å². The van der Waals surface area contributed by atoms with E-state index in [9.17, 15) is 0 Å². The zero-order valence-corrected chi connectivity index (χ0v) is 11.8. The minimum atomic E-state index is 0.410. The SMILES string of the molecule is c1cnc(N2CC3(C[C@H](OCC4CC4)CS3)C2)nc1. The van der Waals surface area contributed by atoms with Gasteiger partial charge in [0.25, 0.3) is 0 Å². The average Bonchev–Trinajstić information content (AvgIpc) is 3.14. The molecule has 0 aromatic carbocycles. The maximum atomic E-state index is 6.03. The van der Waals surface area contributed by atoms with Gasteiger partial charge in [0, 0.05) is 37.8 Å². The normalized spacial score (nSPS) is 28.6. The van der Waals surface area contributed by atoms with Gasteiger partial charge in [0.1, 0.15) is 0 Å². The highest BCUT2D eigenvalue weighted by atomic mass is 32.2. The highest BCUT2D eigenvalue weighted by Gasteiger charge is 2.50. The second-order valence-corrected chi connectivity index (χ2v) is 7.49. The number of nitrogens with zero attached hydrogens (tertiary/aromatic N) is 3. The Hall–Kier alpha value is -0.810. The van der Waals surface area contributed by atoms with Crippen molar-refractivity contribution in [3.05, 3.63) is 18.5 Å². The first-order valence-electron chi connectivity index (χ1n) is 7.11. The number of thioether (sulfide) groups is 1. The van der Waals surface area contributed by atoms with Crippen LogP contribution >= 0.6 is 11.8 Å². The molecule has 0 unspecified atom stereocenters. The maximum absolute atomic E-state index is 6.03. The van der Waals surface area contributed by atoms with Crippen molar-refractivity contribution in [2.75, 3.05) is 30.3 Å². The van der Waals surface area contributed by atoms with E-state index in [1.54, 1.807) is 0 Å². The highest BCUT2D eigenvalue weighted by Crippen LogP contribution is 2.47. The predicted molar refractivity (Wildman–Crippen MR) is 76.5 cm³/mol. The third-order valence-corrected chi connectivity index (χ3v) is 5.81. The number of ether oxygens (including phenoxy) is 1. The fourth-order valence-electron chi connectivity index (χ4n) is 2.93. The highest BCUT2D eigenvalue weighted by molar-refractivity contribution is 8.01. The van der Waals surface area contributed by atoms with Gasteiger partial charge < -0.3 is 9.64 Å². The quantitative estimate of drug-likeness (QED) is 0.841. The molecule has 102 valence electrons. The molecule has 2 aliphatic heterocycles. The molecule has 3 fully saturated rings. The first-order valence-corrected chi connectivity index (χ1v) is 8.09. The molecule has 0 radical (unpaired) electrons. The molecule has 1 saturated carbocycles. The van der Waals surface area contributed by atoms with Gasteiger partial charge in [0.2, 0.25) is 5.95 Å². The minimum Gasteiger partial charge on any atom is -0.377 e. The molecule has 4 nitrogen and oxygen atoms in total. The first-order chi connectivity index (χ1) is 9.33. The number of rotatable bonds is 4. The molecule has 4 rings (SSSR count). The van der Waals surface area contributed by atoms with Crippen molar-refractivity contribution >= 4 is 17.7 Å². The molecule has 1 atom stereocenters. The molecule has 3 aliphatic rings. The Balaban J connectivity index is 1.30. The average molecular weight is 277 g/mol. The third kappa shape index (κ3) is 2.46. The summed E-state index contributed by atoms with van der Waals surface area (Å²) in [5.74, 6) is 2.91. The Morgan fingerprint density at radius 2 is 2.11 bits per heavy atom. The summed E-state index contributed by atoms with van der Waals surface area (Å²) in [6, 6.07) is 1.87. The summed E-state index contributed by atoms with van der Waals surface area (Å²) in [7, 11) is 0. The van der Waals surface area contributed by atoms with Gasteiger partial charge in [-0.3, -0.25) is 0 Å². The topological polar surface area (TPSA) is 38.2 Å². The molecule has 1 spiro atoms. The van der Waals surface area contributed by atoms with Crippen LogP contribution in [0, 0.1) is 5.92 Å². The van der Waals surface area contributed by atoms with Crippen LogP contribution in [0.2, 0.25) is 0 Å². The van der Waals surface area contributed by atoms with Crippen LogP contribution in [0.4, 0.5) is 5.95 Å². The molecule has 1 aromatic rings. The number of hydrogen-bond donors (Lipinski definition) is 0. The zero-order valence-electron chi connectivity index (χ0n) is 11.0. The van der Waals surface area contributed by atoms with E-state index in [4.69, 9.17) is 4.74 Å². The molecule has 5 heteroatoms. The second-order valence-electron chi connectivity index (χ2n) is 6.00. The van der Waals surface area contributed by atoms with Crippen molar-refractivity contribution in [3.8, 4) is 0 Å². The lowest BCUT2D eigenvalue weighted by atomic mass is 9.93. The molecule has 3 heterocycles. The lowest BCUT2D eigenvalue weighted by molar-refractivity contribution is 0.0528. The molecule has 0 amide bonds. The Morgan fingerprint density at radius 3 is 2.84 bits per heavy atom. The number of anilines is 1. The van der Waals surface area contributed by atoms with Crippen LogP contribution in [0.25, 0.3) is 0 Å². The van der Waals surface area contributed by atoms with Crippen LogP contribution in [0.3, 0.4) is 0 Å². The van der Waals surface area contributed by atoms with E-state index < -0.39 is 0 Å². The Kier molecular flexibility index (Phi) is 2.92. The van der Waals surface area contributed by atoms with Crippen LogP contribution in [0.5, 0.6) is 0 Å². The molecular formula is C14H19N3OS. The van der Waals surface area contributed by atoms with E-state index >= 15 is 0 Å². The summed E-state index contributed by atoms with van der Waals surface area (Å²) >= 11 is 2.09. The summed E-state index contributed by atoms with van der Waals surface area (Å²) in [5.41, 5.74) is 0. The van der Waals surface area contributed by atoms with Crippen LogP contribution in [0.1, 0.15) is 19.3 Å². The van der Waals surface area contributed by atoms with E-state index in [0.29, 0.717) is 10.9 Å². The fraction of sp³-hybridized carbons (Fsp3) is 0.714. The predicted octanol–water partition coefficient (Wildman–Crippen LogP) is 1.97. The van der Waals surface area contributed by atoms with Crippen molar-refractivity contribution in [1.29, 1.82) is 0 Å². The third-order valence-electron chi connectivity index (χ3n) is 4.23. The summed E-state index contributed by atoms with van der Waals surface area (Å²) in [5, 5.41) is 0. The molecule has 0 N–H and O–H groups in total. The molecule has 2 saturated heterocycles. The second kappa shape index (κ2) is 4.63. The summed E-state index contributed by atoms with van der Waals surface area (Å²) in [4.78, 5) is 10.9. The monoisotopic (exact) mass is 277 g/mol. The van der Waals surface area contributed by atoms with Gasteiger partial charge in [0.05, 0.1) is 10.9 Å². The molecule has 1 aliphatic carbocycles. The van der Waals surface area contributed by atoms with Crippen molar-refractivity contribution in [2.45, 2.75) is 30.1 Å². The Bertz CT molecular complexity index is 445. The van der Waals surface area contributed by atoms with E-state index in [1.807, 2.05) is 18.5 Å². The van der Waals surface area contributed by atoms with E-state index in [1.165, 1.54) is 19.3 Å². The lowest BCUT2D eigenvalue weighted by Gasteiger charge is -2.47. The fourth-order valence-corrected chi connectivity index (χ4v) is 4.48. The Labute approximate surface area is 117 Å². The van der Waals surface area contributed by atoms with Crippen LogP contribution < -0.4 is 4.90 Å². The molecule has 1 aromatic heterocycles. The minimum absolute atomic E-state index is 0.410. The van der Waals surface area contributed by atoms with E-state index in [-0.39, 0.29) is 0 Å². The zero-order chi connectivity index (χ0) is 12.7. The number of aromatic nitrogens is 2. The van der Waals surface area contributed by atoms with Gasteiger partial charge in [-0.25, -0.2) is 9.97 Å².